The molecule has 0 heterocycles. The van der Waals surface area contributed by atoms with E-state index in [2.05, 4.69) is 11.2 Å². The highest BCUT2D eigenvalue weighted by atomic mass is 35.5. The van der Waals surface area contributed by atoms with Crippen LogP contribution in [-0.2, 0) is 11.4 Å². The smallest absolute Gasteiger partial charge is 0.142 e. The number of rotatable bonds is 9. The lowest BCUT2D eigenvalue weighted by molar-refractivity contribution is 0.131. The molecule has 0 aliphatic heterocycles. The van der Waals surface area contributed by atoms with Gasteiger partial charge in [-0.15, -0.1) is 0 Å². The number of nitrogens with zero attached hydrogens (tertiary/aromatic N) is 2. The normalized spacial score (nSPS) is 11.9. The van der Waals surface area contributed by atoms with Gasteiger partial charge in [-0.25, -0.2) is 0 Å². The lowest BCUT2D eigenvalue weighted by Crippen LogP contribution is -2.00. The number of nitriles is 1. The average molecular weight is 361 g/mol. The van der Waals surface area contributed by atoms with E-state index in [0.717, 1.165) is 11.1 Å². The first-order valence-electron chi connectivity index (χ1n) is 7.81. The molecular weight excluding hydrogens is 343 g/mol. The third-order valence-electron chi connectivity index (χ3n) is 3.35. The fourth-order valence-corrected chi connectivity index (χ4v) is 2.13. The Hall–Kier alpha value is -2.58. The second kappa shape index (κ2) is 10.3. The first-order chi connectivity index (χ1) is 12.2. The highest BCUT2D eigenvalue weighted by Gasteiger charge is 2.08. The van der Waals surface area contributed by atoms with Gasteiger partial charge in [-0.05, 0) is 35.4 Å². The third-order valence-corrected chi connectivity index (χ3v) is 3.61. The van der Waals surface area contributed by atoms with Crippen LogP contribution in [0, 0.1) is 11.3 Å². The number of hydrogen-bond acceptors (Lipinski definition) is 4. The molecule has 1 unspecified atom stereocenters. The van der Waals surface area contributed by atoms with Crippen LogP contribution in [0.2, 0.25) is 5.02 Å². The maximum absolute atomic E-state index is 12.0. The monoisotopic (exact) mass is 360 g/mol. The van der Waals surface area contributed by atoms with E-state index in [0.29, 0.717) is 30.4 Å². The summed E-state index contributed by atoms with van der Waals surface area (Å²) in [5.74, 6) is 0.120. The second-order valence-electron chi connectivity index (χ2n) is 5.22. The van der Waals surface area contributed by atoms with E-state index < -0.39 is 12.6 Å². The zero-order valence-electron chi connectivity index (χ0n) is 13.6. The Morgan fingerprint density at radius 3 is 2.52 bits per heavy atom. The number of oxime groups is 1. The molecule has 2 aromatic rings. The molecule has 2 aromatic carbocycles. The van der Waals surface area contributed by atoms with E-state index >= 15 is 0 Å². The van der Waals surface area contributed by atoms with Gasteiger partial charge >= 0.3 is 0 Å². The van der Waals surface area contributed by atoms with Crippen LogP contribution in [0.1, 0.15) is 23.5 Å². The molecule has 0 aliphatic carbocycles. The summed E-state index contributed by atoms with van der Waals surface area (Å²) in [4.78, 5) is 5.22. The van der Waals surface area contributed by atoms with Crippen molar-refractivity contribution < 1.29 is 14.0 Å². The van der Waals surface area contributed by atoms with Crippen LogP contribution in [0.4, 0.5) is 4.39 Å². The molecule has 0 saturated carbocycles. The van der Waals surface area contributed by atoms with Gasteiger partial charge in [-0.3, -0.25) is 4.39 Å². The van der Waals surface area contributed by atoms with Crippen LogP contribution in [0.5, 0.6) is 5.75 Å². The Morgan fingerprint density at radius 2 is 1.88 bits per heavy atom. The molecule has 130 valence electrons. The van der Waals surface area contributed by atoms with Crippen molar-refractivity contribution >= 4 is 17.8 Å². The van der Waals surface area contributed by atoms with Crippen LogP contribution >= 0.6 is 11.6 Å². The first-order valence-corrected chi connectivity index (χ1v) is 8.19. The number of alkyl halides is 1. The van der Waals surface area contributed by atoms with Crippen LogP contribution in [-0.4, -0.2) is 19.5 Å². The van der Waals surface area contributed by atoms with Gasteiger partial charge in [0.25, 0.3) is 0 Å². The maximum atomic E-state index is 12.0. The first kappa shape index (κ1) is 18.8. The van der Waals surface area contributed by atoms with E-state index in [1.165, 1.54) is 6.21 Å². The average Bonchev–Trinajstić information content (AvgIpc) is 2.64. The van der Waals surface area contributed by atoms with E-state index in [9.17, 15) is 9.65 Å². The van der Waals surface area contributed by atoms with Gasteiger partial charge in [0, 0.05) is 11.4 Å². The highest BCUT2D eigenvalue weighted by Crippen LogP contribution is 2.18. The lowest BCUT2D eigenvalue weighted by Gasteiger charge is -2.07. The van der Waals surface area contributed by atoms with Crippen molar-refractivity contribution in [3.05, 3.63) is 64.7 Å². The van der Waals surface area contributed by atoms with Gasteiger partial charge in [-0.2, -0.15) is 5.26 Å². The fourth-order valence-electron chi connectivity index (χ4n) is 2.01. The second-order valence-corrected chi connectivity index (χ2v) is 5.66. The van der Waals surface area contributed by atoms with Gasteiger partial charge < -0.3 is 9.57 Å². The topological polar surface area (TPSA) is 54.6 Å². The molecule has 0 fully saturated rings. The minimum absolute atomic E-state index is 0.299. The van der Waals surface area contributed by atoms with E-state index in [4.69, 9.17) is 21.2 Å². The molecule has 0 N–H and O–H groups in total. The zero-order valence-corrected chi connectivity index (χ0v) is 14.3. The van der Waals surface area contributed by atoms with E-state index in [-0.39, 0.29) is 0 Å². The summed E-state index contributed by atoms with van der Waals surface area (Å²) < 4.78 is 17.4. The molecule has 4 nitrogen and oxygen atoms in total. The van der Waals surface area contributed by atoms with Crippen LogP contribution in [0.25, 0.3) is 0 Å². The summed E-state index contributed by atoms with van der Waals surface area (Å²) >= 11 is 5.82. The van der Waals surface area contributed by atoms with Crippen molar-refractivity contribution in [3.8, 4) is 11.8 Å². The van der Waals surface area contributed by atoms with Crippen LogP contribution in [0.3, 0.4) is 0 Å². The molecule has 6 heteroatoms. The van der Waals surface area contributed by atoms with E-state index in [1.807, 2.05) is 12.1 Å². The molecule has 0 radical (unpaired) electrons. The summed E-state index contributed by atoms with van der Waals surface area (Å²) in [5, 5.41) is 13.8. The van der Waals surface area contributed by atoms with Crippen molar-refractivity contribution in [2.45, 2.75) is 18.9 Å². The predicted octanol–water partition coefficient (Wildman–Crippen LogP) is 4.89. The third kappa shape index (κ3) is 6.44. The molecule has 0 spiro atoms. The molecule has 0 bridgehead atoms. The Balaban J connectivity index is 1.86. The molecular formula is C19H18ClFN2O2. The molecule has 2 rings (SSSR count). The Labute approximate surface area is 151 Å². The number of ether oxygens (including phenoxy) is 1. The number of halogens is 2. The van der Waals surface area contributed by atoms with Gasteiger partial charge in [0.05, 0.1) is 25.6 Å². The Bertz CT molecular complexity index is 712. The van der Waals surface area contributed by atoms with Gasteiger partial charge in [0.15, 0.2) is 0 Å². The standard InChI is InChI=1S/C19H18ClFN2O2/c20-18-6-2-15(3-7-18)14-25-23-13-17(12-22)16-4-8-19(9-5-16)24-11-1-10-21/h2-9,13,17H,1,10-11,14H2. The minimum Gasteiger partial charge on any atom is -0.494 e. The van der Waals surface area contributed by atoms with Crippen LogP contribution < -0.4 is 4.74 Å². The quantitative estimate of drug-likeness (QED) is 0.363. The number of benzene rings is 2. The van der Waals surface area contributed by atoms with Gasteiger partial charge in [0.2, 0.25) is 0 Å². The fraction of sp³-hybridized carbons (Fsp3) is 0.263. The lowest BCUT2D eigenvalue weighted by atomic mass is 10.0. The van der Waals surface area contributed by atoms with Gasteiger partial charge in [0.1, 0.15) is 18.3 Å². The summed E-state index contributed by atoms with van der Waals surface area (Å²) in [5.41, 5.74) is 1.71. The largest absolute Gasteiger partial charge is 0.494 e. The summed E-state index contributed by atoms with van der Waals surface area (Å²) in [6, 6.07) is 16.5. The summed E-state index contributed by atoms with van der Waals surface area (Å²) in [6.45, 7) is 0.228. The maximum Gasteiger partial charge on any atom is 0.142 e. The van der Waals surface area contributed by atoms with Crippen molar-refractivity contribution in [3.63, 3.8) is 0 Å². The van der Waals surface area contributed by atoms with Gasteiger partial charge in [-0.1, -0.05) is 41.0 Å². The molecule has 0 saturated heterocycles. The predicted molar refractivity (Wildman–Crippen MR) is 95.6 cm³/mol. The Kier molecular flexibility index (Phi) is 7.74. The summed E-state index contributed by atoms with van der Waals surface area (Å²) in [6.07, 6.45) is 1.81. The highest BCUT2D eigenvalue weighted by molar-refractivity contribution is 6.30. The molecule has 0 aromatic heterocycles. The molecule has 1 atom stereocenters. The van der Waals surface area contributed by atoms with Crippen molar-refractivity contribution in [2.24, 2.45) is 5.16 Å². The molecule has 25 heavy (non-hydrogen) atoms. The molecule has 0 aliphatic rings. The van der Waals surface area contributed by atoms with E-state index in [1.54, 1.807) is 36.4 Å². The Morgan fingerprint density at radius 1 is 1.16 bits per heavy atom. The van der Waals surface area contributed by atoms with Crippen molar-refractivity contribution in [2.75, 3.05) is 13.3 Å². The SMILES string of the molecule is N#CC(C=NOCc1ccc(Cl)cc1)c1ccc(OCCCF)cc1. The van der Waals surface area contributed by atoms with Crippen molar-refractivity contribution in [1.82, 2.24) is 0 Å². The van der Waals surface area contributed by atoms with Crippen molar-refractivity contribution in [1.29, 1.82) is 5.26 Å². The minimum atomic E-state index is -0.523. The number of hydrogen-bond donors (Lipinski definition) is 0. The summed E-state index contributed by atoms with van der Waals surface area (Å²) in [7, 11) is 0. The van der Waals surface area contributed by atoms with Crippen LogP contribution in [0.15, 0.2) is 53.7 Å². The zero-order chi connectivity index (χ0) is 17.9. The molecule has 0 amide bonds.